The zero-order valence-corrected chi connectivity index (χ0v) is 25.0. The molecule has 4 aromatic carbocycles. The van der Waals surface area contributed by atoms with Gasteiger partial charge in [0.05, 0.1) is 36.8 Å². The van der Waals surface area contributed by atoms with Crippen molar-refractivity contribution in [2.24, 2.45) is 0 Å². The second kappa shape index (κ2) is 10.1. The normalized spacial score (nSPS) is 18.4. The Hall–Kier alpha value is -4.04. The predicted octanol–water partition coefficient (Wildman–Crippen LogP) is 8.47. The maximum Gasteiger partial charge on any atom is 0.178 e. The summed E-state index contributed by atoms with van der Waals surface area (Å²) in [5, 5.41) is 5.60. The Kier molecular flexibility index (Phi) is 6.14. The number of nitrogens with zero attached hydrogens (tertiary/aromatic N) is 1. The van der Waals surface area contributed by atoms with Gasteiger partial charge in [-0.3, -0.25) is 0 Å². The van der Waals surface area contributed by atoms with Gasteiger partial charge >= 0.3 is 0 Å². The van der Waals surface area contributed by atoms with Crippen LogP contribution in [0.15, 0.2) is 84.3 Å². The molecule has 42 heavy (non-hydrogen) atoms. The third-order valence-electron chi connectivity index (χ3n) is 8.45. The summed E-state index contributed by atoms with van der Waals surface area (Å²) < 4.78 is 28.1. The molecule has 2 aliphatic heterocycles. The van der Waals surface area contributed by atoms with E-state index < -0.39 is 5.60 Å². The summed E-state index contributed by atoms with van der Waals surface area (Å²) >= 11 is 3.57. The van der Waals surface area contributed by atoms with E-state index >= 15 is 0 Å². The van der Waals surface area contributed by atoms with Crippen LogP contribution in [0, 0.1) is 0 Å². The average molecular weight is 592 g/mol. The Morgan fingerprint density at radius 3 is 2.26 bits per heavy atom. The summed E-state index contributed by atoms with van der Waals surface area (Å²) in [6.07, 6.45) is 4.45. The number of anilines is 1. The van der Waals surface area contributed by atoms with Crippen LogP contribution in [0.2, 0.25) is 0 Å². The first-order valence-corrected chi connectivity index (χ1v) is 15.8. The van der Waals surface area contributed by atoms with Crippen molar-refractivity contribution in [3.05, 3.63) is 101 Å². The molecule has 0 amide bonds. The number of fused-ring (bicyclic) bond motifs is 8. The fourth-order valence-electron chi connectivity index (χ4n) is 6.35. The summed E-state index contributed by atoms with van der Waals surface area (Å²) in [6.45, 7) is 3.33. The summed E-state index contributed by atoms with van der Waals surface area (Å²) in [4.78, 5) is 2.38. The summed E-state index contributed by atoms with van der Waals surface area (Å²) in [5.74, 6) is 2.33. The number of hydrogen-bond acceptors (Lipinski definition) is 7. The highest BCUT2D eigenvalue weighted by molar-refractivity contribution is 7.32. The van der Waals surface area contributed by atoms with Crippen LogP contribution in [-0.2, 0) is 10.3 Å². The second-order valence-corrected chi connectivity index (χ2v) is 12.6. The third kappa shape index (κ3) is 3.84. The molecule has 0 radical (unpaired) electrons. The van der Waals surface area contributed by atoms with E-state index in [1.807, 2.05) is 0 Å². The minimum Gasteiger partial charge on any atom is -0.493 e. The molecule has 0 spiro atoms. The minimum atomic E-state index is -0.785. The number of thiophene rings is 2. The van der Waals surface area contributed by atoms with Gasteiger partial charge in [0.1, 0.15) is 5.75 Å². The van der Waals surface area contributed by atoms with Gasteiger partial charge in [0.25, 0.3) is 0 Å². The van der Waals surface area contributed by atoms with E-state index in [1.165, 1.54) is 20.5 Å². The van der Waals surface area contributed by atoms with Gasteiger partial charge in [-0.1, -0.05) is 42.5 Å². The van der Waals surface area contributed by atoms with Gasteiger partial charge in [-0.25, -0.2) is 0 Å². The number of rotatable bonds is 5. The molecule has 2 aromatic heterocycles. The maximum absolute atomic E-state index is 7.35. The molecule has 0 N–H and O–H groups in total. The molecular weight excluding hydrogens is 563 g/mol. The van der Waals surface area contributed by atoms with Crippen LogP contribution in [0.1, 0.15) is 16.7 Å². The van der Waals surface area contributed by atoms with Crippen molar-refractivity contribution in [2.75, 3.05) is 45.4 Å². The fourth-order valence-corrected chi connectivity index (χ4v) is 8.73. The van der Waals surface area contributed by atoms with Crippen LogP contribution in [0.3, 0.4) is 0 Å². The Morgan fingerprint density at radius 1 is 0.810 bits per heavy atom. The lowest BCUT2D eigenvalue weighted by Gasteiger charge is -2.37. The highest BCUT2D eigenvalue weighted by Crippen LogP contribution is 2.54. The quantitative estimate of drug-likeness (QED) is 0.201. The molecule has 0 bridgehead atoms. The number of ether oxygens (including phenoxy) is 4. The van der Waals surface area contributed by atoms with Crippen molar-refractivity contribution >= 4 is 64.7 Å². The van der Waals surface area contributed by atoms with E-state index in [2.05, 4.69) is 95.2 Å². The van der Waals surface area contributed by atoms with Crippen LogP contribution in [0.25, 0.3) is 36.3 Å². The van der Waals surface area contributed by atoms with E-state index in [1.54, 1.807) is 36.9 Å². The van der Waals surface area contributed by atoms with E-state index in [9.17, 15) is 0 Å². The van der Waals surface area contributed by atoms with Crippen LogP contribution in [0.4, 0.5) is 5.69 Å². The third-order valence-corrected chi connectivity index (χ3v) is 10.7. The average Bonchev–Trinajstić information content (AvgIpc) is 3.67. The van der Waals surface area contributed by atoms with Crippen molar-refractivity contribution in [2.45, 2.75) is 5.60 Å². The topological polar surface area (TPSA) is 40.2 Å². The zero-order chi connectivity index (χ0) is 28.3. The summed E-state index contributed by atoms with van der Waals surface area (Å²) in [7, 11) is 3.37. The van der Waals surface area contributed by atoms with Crippen LogP contribution in [-0.4, -0.2) is 40.5 Å². The molecule has 1 saturated heterocycles. The van der Waals surface area contributed by atoms with E-state index in [0.717, 1.165) is 70.0 Å². The second-order valence-electron chi connectivity index (χ2n) is 10.6. The lowest BCUT2D eigenvalue weighted by atomic mass is 9.83. The monoisotopic (exact) mass is 591 g/mol. The predicted molar refractivity (Wildman–Crippen MR) is 174 cm³/mol. The first-order valence-electron chi connectivity index (χ1n) is 14.1. The number of benzene rings is 4. The molecule has 2 aliphatic rings. The zero-order valence-electron chi connectivity index (χ0n) is 23.4. The molecule has 4 heterocycles. The lowest BCUT2D eigenvalue weighted by Crippen LogP contribution is -2.36. The van der Waals surface area contributed by atoms with Crippen molar-refractivity contribution < 1.29 is 18.9 Å². The molecule has 0 saturated carbocycles. The summed E-state index contributed by atoms with van der Waals surface area (Å²) in [6, 6.07) is 25.8. The first kappa shape index (κ1) is 25.7. The number of methoxy groups -OCH3 is 2. The van der Waals surface area contributed by atoms with Crippen molar-refractivity contribution in [3.8, 4) is 17.2 Å². The largest absolute Gasteiger partial charge is 0.493 e. The van der Waals surface area contributed by atoms with Gasteiger partial charge < -0.3 is 23.8 Å². The van der Waals surface area contributed by atoms with Gasteiger partial charge in [0.2, 0.25) is 0 Å². The number of hydrogen-bond donors (Lipinski definition) is 0. The molecule has 1 unspecified atom stereocenters. The van der Waals surface area contributed by atoms with Crippen LogP contribution >= 0.6 is 22.7 Å². The lowest BCUT2D eigenvalue weighted by molar-refractivity contribution is 0.122. The highest BCUT2D eigenvalue weighted by Gasteiger charge is 2.39. The molecule has 7 heteroatoms. The standard InChI is InChI=1S/C35H29NO4S2/c1-37-28-20-26-25-12-14-35(22-6-4-3-5-7-22,23-8-10-24(11-9-23)36-15-17-39-18-16-36)40-32(25)34-31(27(26)21-29(28)38-2)33-30(42-34)13-19-41-33/h3-14,19-21H,15-18H2,1-2H3. The molecule has 0 aliphatic carbocycles. The van der Waals surface area contributed by atoms with Gasteiger partial charge in [-0.15, -0.1) is 22.7 Å². The Bertz CT molecular complexity index is 1970. The van der Waals surface area contributed by atoms with Gasteiger partial charge in [-0.2, -0.15) is 0 Å². The molecule has 8 rings (SSSR count). The van der Waals surface area contributed by atoms with Gasteiger partial charge in [-0.05, 0) is 58.6 Å². The van der Waals surface area contributed by atoms with Crippen LogP contribution in [0.5, 0.6) is 17.2 Å². The highest BCUT2D eigenvalue weighted by atomic mass is 32.1. The van der Waals surface area contributed by atoms with Crippen molar-refractivity contribution in [1.29, 1.82) is 0 Å². The molecule has 210 valence electrons. The van der Waals surface area contributed by atoms with Crippen molar-refractivity contribution in [3.63, 3.8) is 0 Å². The molecule has 1 fully saturated rings. The van der Waals surface area contributed by atoms with Gasteiger partial charge in [0.15, 0.2) is 17.1 Å². The first-order chi connectivity index (χ1) is 20.7. The maximum atomic E-state index is 7.35. The molecule has 6 aromatic rings. The van der Waals surface area contributed by atoms with E-state index in [-0.39, 0.29) is 0 Å². The number of morpholine rings is 1. The Morgan fingerprint density at radius 2 is 1.52 bits per heavy atom. The molecular formula is C35H29NO4S2. The van der Waals surface area contributed by atoms with E-state index in [4.69, 9.17) is 18.9 Å². The fraction of sp³-hybridized carbons (Fsp3) is 0.200. The SMILES string of the molecule is COc1cc2c3c(c4sc5ccsc5c4c2cc1OC)OC(c1ccccc1)(c1ccc(N2CCOCC2)cc1)C=C3. The Balaban J connectivity index is 1.37. The molecule has 5 nitrogen and oxygen atoms in total. The van der Waals surface area contributed by atoms with E-state index in [0.29, 0.717) is 5.75 Å². The Labute approximate surface area is 252 Å². The van der Waals surface area contributed by atoms with Crippen molar-refractivity contribution in [1.82, 2.24) is 0 Å². The van der Waals surface area contributed by atoms with Crippen LogP contribution < -0.4 is 19.1 Å². The smallest absolute Gasteiger partial charge is 0.178 e. The summed E-state index contributed by atoms with van der Waals surface area (Å²) in [5.41, 5.74) is 3.66. The molecule has 1 atom stereocenters. The van der Waals surface area contributed by atoms with Gasteiger partial charge in [0, 0.05) is 45.6 Å². The minimum absolute atomic E-state index is 0.705.